The molecule has 1 amide bonds. The molecule has 1 heterocycles. The first kappa shape index (κ1) is 20.6. The number of nitrogens with zero attached hydrogens (tertiary/aromatic N) is 1. The Morgan fingerprint density at radius 2 is 1.83 bits per heavy atom. The second kappa shape index (κ2) is 7.55. The van der Waals surface area contributed by atoms with E-state index in [-0.39, 0.29) is 29.1 Å². The van der Waals surface area contributed by atoms with Gasteiger partial charge in [0, 0.05) is 18.5 Å². The summed E-state index contributed by atoms with van der Waals surface area (Å²) in [7, 11) is 1.38. The van der Waals surface area contributed by atoms with Crippen molar-refractivity contribution in [3.63, 3.8) is 0 Å². The van der Waals surface area contributed by atoms with Crippen molar-refractivity contribution in [1.82, 2.24) is 0 Å². The largest absolute Gasteiger partial charge is 0.465 e. The molecule has 1 unspecified atom stereocenters. The molecule has 2 aromatic carbocycles. The lowest BCUT2D eigenvalue weighted by atomic mass is 9.69. The fourth-order valence-electron chi connectivity index (χ4n) is 5.26. The molecule has 3 atom stereocenters. The van der Waals surface area contributed by atoms with Gasteiger partial charge in [0.2, 0.25) is 5.91 Å². The molecule has 30 heavy (non-hydrogen) atoms. The summed E-state index contributed by atoms with van der Waals surface area (Å²) in [6, 6.07) is 13.8. The number of rotatable bonds is 4. The Labute approximate surface area is 177 Å². The Kier molecular flexibility index (Phi) is 5.18. The van der Waals surface area contributed by atoms with E-state index in [2.05, 4.69) is 19.9 Å². The molecule has 1 N–H and O–H groups in total. The minimum atomic E-state index is -0.832. The highest BCUT2D eigenvalue weighted by Crippen LogP contribution is 2.63. The van der Waals surface area contributed by atoms with E-state index in [4.69, 9.17) is 4.74 Å². The number of fused-ring (bicyclic) bond motifs is 1. The first-order chi connectivity index (χ1) is 14.3. The zero-order valence-corrected chi connectivity index (χ0v) is 18.0. The van der Waals surface area contributed by atoms with Crippen molar-refractivity contribution >= 4 is 17.6 Å². The van der Waals surface area contributed by atoms with Crippen LogP contribution in [0.5, 0.6) is 0 Å². The van der Waals surface area contributed by atoms with E-state index in [0.29, 0.717) is 5.56 Å². The van der Waals surface area contributed by atoms with E-state index in [1.54, 1.807) is 0 Å². The second-order valence-electron chi connectivity index (χ2n) is 8.93. The van der Waals surface area contributed by atoms with Gasteiger partial charge in [-0.25, -0.2) is 4.79 Å². The number of ether oxygens (including phenoxy) is 1. The van der Waals surface area contributed by atoms with E-state index in [0.717, 1.165) is 36.1 Å². The Bertz CT molecular complexity index is 977. The third-order valence-electron chi connectivity index (χ3n) is 6.86. The minimum Gasteiger partial charge on any atom is -0.465 e. The Hall–Kier alpha value is -2.66. The maximum Gasteiger partial charge on any atom is 0.337 e. The molecule has 0 saturated heterocycles. The van der Waals surface area contributed by atoms with Gasteiger partial charge in [-0.15, -0.1) is 0 Å². The van der Waals surface area contributed by atoms with Crippen LogP contribution in [0.1, 0.15) is 59.7 Å². The molecule has 2 aliphatic rings. The van der Waals surface area contributed by atoms with Crippen LogP contribution in [0.2, 0.25) is 0 Å². The predicted octanol–water partition coefficient (Wildman–Crippen LogP) is 4.21. The number of esters is 1. The van der Waals surface area contributed by atoms with Crippen LogP contribution >= 0.6 is 0 Å². The molecule has 1 aliphatic heterocycles. The first-order valence-corrected chi connectivity index (χ1v) is 10.5. The van der Waals surface area contributed by atoms with Crippen LogP contribution in [0.4, 0.5) is 5.69 Å². The average molecular weight is 408 g/mol. The molecular formula is C25H29NO4. The van der Waals surface area contributed by atoms with Crippen molar-refractivity contribution in [3.8, 4) is 0 Å². The van der Waals surface area contributed by atoms with Gasteiger partial charge in [0.15, 0.2) is 0 Å². The monoisotopic (exact) mass is 407 g/mol. The number of hydrogen-bond acceptors (Lipinski definition) is 4. The maximum absolute atomic E-state index is 12.3. The van der Waals surface area contributed by atoms with Crippen LogP contribution in [-0.2, 0) is 16.0 Å². The third kappa shape index (κ3) is 3.41. The number of benzene rings is 2. The van der Waals surface area contributed by atoms with Gasteiger partial charge in [-0.05, 0) is 66.8 Å². The number of carbonyl (C=O) groups excluding carboxylic acids is 2. The third-order valence-corrected chi connectivity index (χ3v) is 6.86. The summed E-state index contributed by atoms with van der Waals surface area (Å²) >= 11 is 0. The van der Waals surface area contributed by atoms with Crippen molar-refractivity contribution in [1.29, 1.82) is 0 Å². The second-order valence-corrected chi connectivity index (χ2v) is 8.93. The topological polar surface area (TPSA) is 66.8 Å². The number of aliphatic hydroxyl groups is 1. The summed E-state index contributed by atoms with van der Waals surface area (Å²) in [6.45, 7) is 5.63. The first-order valence-electron chi connectivity index (χ1n) is 10.5. The Morgan fingerprint density at radius 3 is 2.40 bits per heavy atom. The van der Waals surface area contributed by atoms with Gasteiger partial charge >= 0.3 is 5.97 Å². The van der Waals surface area contributed by atoms with Crippen molar-refractivity contribution in [3.05, 3.63) is 64.7 Å². The quantitative estimate of drug-likeness (QED) is 0.771. The number of carbonyl (C=O) groups is 2. The SMILES string of the molecule is COC(=O)c1ccc(CC2(C3c4cc(C)ccc4N(C(C)=O)[C@@H](O)[C@@H]3C)CC2)cc1. The van der Waals surface area contributed by atoms with Gasteiger partial charge in [0.25, 0.3) is 0 Å². The molecule has 158 valence electrons. The number of aliphatic hydroxyl groups excluding tert-OH is 1. The van der Waals surface area contributed by atoms with E-state index in [1.807, 2.05) is 36.4 Å². The van der Waals surface area contributed by atoms with Gasteiger partial charge in [-0.2, -0.15) is 0 Å². The molecule has 4 rings (SSSR count). The summed E-state index contributed by atoms with van der Waals surface area (Å²) in [4.78, 5) is 25.6. The fourth-order valence-corrected chi connectivity index (χ4v) is 5.26. The lowest BCUT2D eigenvalue weighted by Gasteiger charge is -2.46. The van der Waals surface area contributed by atoms with Crippen LogP contribution in [0, 0.1) is 18.3 Å². The van der Waals surface area contributed by atoms with E-state index < -0.39 is 6.23 Å². The average Bonchev–Trinajstić information content (AvgIpc) is 3.48. The molecule has 0 radical (unpaired) electrons. The van der Waals surface area contributed by atoms with Crippen LogP contribution in [0.15, 0.2) is 42.5 Å². The molecule has 2 aromatic rings. The van der Waals surface area contributed by atoms with Crippen LogP contribution in [0.3, 0.4) is 0 Å². The fraction of sp³-hybridized carbons (Fsp3) is 0.440. The number of methoxy groups -OCH3 is 1. The molecule has 1 saturated carbocycles. The molecule has 1 fully saturated rings. The van der Waals surface area contributed by atoms with Gasteiger partial charge in [-0.1, -0.05) is 36.8 Å². The zero-order valence-electron chi connectivity index (χ0n) is 18.0. The molecule has 0 bridgehead atoms. The lowest BCUT2D eigenvalue weighted by Crippen LogP contribution is -2.50. The highest BCUT2D eigenvalue weighted by atomic mass is 16.5. The summed E-state index contributed by atoms with van der Waals surface area (Å²) in [5.74, 6) is -0.375. The van der Waals surface area contributed by atoms with Crippen molar-refractivity contribution in [2.75, 3.05) is 12.0 Å². The zero-order chi connectivity index (χ0) is 21.6. The summed E-state index contributed by atoms with van der Waals surface area (Å²) < 4.78 is 4.79. The molecule has 0 spiro atoms. The Morgan fingerprint density at radius 1 is 1.17 bits per heavy atom. The molecular weight excluding hydrogens is 378 g/mol. The standard InChI is InChI=1S/C25H29NO4/c1-15-5-10-21-20(13-15)22(16(2)23(28)26(21)17(3)27)25(11-12-25)14-18-6-8-19(9-7-18)24(29)30-4/h5-10,13,16,22-23,28H,11-12,14H2,1-4H3/t16-,22?,23+/m1/s1. The van der Waals surface area contributed by atoms with Crippen LogP contribution in [0.25, 0.3) is 0 Å². The molecule has 1 aliphatic carbocycles. The molecule has 0 aromatic heterocycles. The van der Waals surface area contributed by atoms with Gasteiger partial charge in [-0.3, -0.25) is 9.69 Å². The maximum atomic E-state index is 12.3. The highest BCUT2D eigenvalue weighted by molar-refractivity contribution is 5.93. The van der Waals surface area contributed by atoms with Crippen LogP contribution in [-0.4, -0.2) is 30.3 Å². The Balaban J connectivity index is 1.70. The number of hydrogen-bond donors (Lipinski definition) is 1. The smallest absolute Gasteiger partial charge is 0.337 e. The molecule has 5 nitrogen and oxygen atoms in total. The van der Waals surface area contributed by atoms with Crippen LogP contribution < -0.4 is 4.90 Å². The number of amides is 1. The van der Waals surface area contributed by atoms with Gasteiger partial charge < -0.3 is 9.84 Å². The lowest BCUT2D eigenvalue weighted by molar-refractivity contribution is -0.119. The van der Waals surface area contributed by atoms with Gasteiger partial charge in [0.05, 0.1) is 12.7 Å². The summed E-state index contributed by atoms with van der Waals surface area (Å²) in [6.07, 6.45) is 2.22. The normalized spacial score (nSPS) is 24.2. The van der Waals surface area contributed by atoms with Crippen molar-refractivity contribution in [2.45, 2.75) is 52.2 Å². The van der Waals surface area contributed by atoms with E-state index >= 15 is 0 Å². The highest BCUT2D eigenvalue weighted by Gasteiger charge is 2.55. The van der Waals surface area contributed by atoms with E-state index in [1.165, 1.54) is 24.5 Å². The summed E-state index contributed by atoms with van der Waals surface area (Å²) in [5.41, 5.74) is 4.92. The summed E-state index contributed by atoms with van der Waals surface area (Å²) in [5, 5.41) is 11.0. The number of aryl methyl sites for hydroxylation is 1. The van der Waals surface area contributed by atoms with E-state index in [9.17, 15) is 14.7 Å². The van der Waals surface area contributed by atoms with Gasteiger partial charge in [0.1, 0.15) is 6.23 Å². The minimum absolute atomic E-state index is 0.0542. The van der Waals surface area contributed by atoms with Crippen molar-refractivity contribution < 1.29 is 19.4 Å². The van der Waals surface area contributed by atoms with Crippen molar-refractivity contribution in [2.24, 2.45) is 11.3 Å². The number of anilines is 1. The predicted molar refractivity (Wildman–Crippen MR) is 115 cm³/mol. The molecule has 5 heteroatoms.